The summed E-state index contributed by atoms with van der Waals surface area (Å²) in [7, 11) is 0. The number of nitrogens with one attached hydrogen (secondary N) is 1. The summed E-state index contributed by atoms with van der Waals surface area (Å²) in [6.07, 6.45) is 4.45. The van der Waals surface area contributed by atoms with Gasteiger partial charge in [0.25, 0.3) is 0 Å². The number of carboxylic acids is 1. The van der Waals surface area contributed by atoms with Gasteiger partial charge in [-0.15, -0.1) is 0 Å². The van der Waals surface area contributed by atoms with Crippen LogP contribution >= 0.6 is 23.4 Å². The molecule has 2 aromatic rings. The van der Waals surface area contributed by atoms with Gasteiger partial charge in [0.05, 0.1) is 0 Å². The SMILES string of the molecule is CSCC[C@H](NC(=O)CCn1ccc2ccc(Cl)cc21)C(=O)O. The van der Waals surface area contributed by atoms with Crippen LogP contribution in [0.4, 0.5) is 0 Å². The average molecular weight is 355 g/mol. The normalized spacial score (nSPS) is 12.3. The molecule has 0 aliphatic carbocycles. The summed E-state index contributed by atoms with van der Waals surface area (Å²) in [5, 5.41) is 13.4. The number of rotatable bonds is 8. The zero-order valence-electron chi connectivity index (χ0n) is 12.8. The molecule has 0 radical (unpaired) electrons. The Balaban J connectivity index is 1.94. The fourth-order valence-electron chi connectivity index (χ4n) is 2.33. The van der Waals surface area contributed by atoms with Crippen LogP contribution in [0.2, 0.25) is 5.02 Å². The van der Waals surface area contributed by atoms with E-state index in [4.69, 9.17) is 16.7 Å². The van der Waals surface area contributed by atoms with Crippen LogP contribution in [0.5, 0.6) is 0 Å². The first kappa shape index (κ1) is 17.7. The molecule has 7 heteroatoms. The highest BCUT2D eigenvalue weighted by Crippen LogP contribution is 2.20. The van der Waals surface area contributed by atoms with Crippen molar-refractivity contribution in [2.24, 2.45) is 0 Å². The van der Waals surface area contributed by atoms with Crippen LogP contribution in [0.25, 0.3) is 10.9 Å². The largest absolute Gasteiger partial charge is 0.480 e. The van der Waals surface area contributed by atoms with E-state index >= 15 is 0 Å². The number of fused-ring (bicyclic) bond motifs is 1. The average Bonchev–Trinajstić information content (AvgIpc) is 2.91. The Morgan fingerprint density at radius 1 is 1.39 bits per heavy atom. The van der Waals surface area contributed by atoms with Gasteiger partial charge < -0.3 is 15.0 Å². The summed E-state index contributed by atoms with van der Waals surface area (Å²) >= 11 is 7.56. The number of carboxylic acid groups (broad SMARTS) is 1. The van der Waals surface area contributed by atoms with Gasteiger partial charge in [-0.2, -0.15) is 11.8 Å². The van der Waals surface area contributed by atoms with E-state index < -0.39 is 12.0 Å². The number of carbonyl (C=O) groups excluding carboxylic acids is 1. The molecular weight excluding hydrogens is 336 g/mol. The molecule has 0 saturated heterocycles. The molecule has 1 amide bonds. The summed E-state index contributed by atoms with van der Waals surface area (Å²) in [6, 6.07) is 6.74. The van der Waals surface area contributed by atoms with Gasteiger partial charge in [0.1, 0.15) is 6.04 Å². The molecular formula is C16H19ClN2O3S. The fourth-order valence-corrected chi connectivity index (χ4v) is 2.97. The Labute approximate surface area is 144 Å². The van der Waals surface area contributed by atoms with E-state index in [9.17, 15) is 9.59 Å². The molecule has 0 saturated carbocycles. The van der Waals surface area contributed by atoms with Gasteiger partial charge in [-0.05, 0) is 42.0 Å². The van der Waals surface area contributed by atoms with Crippen molar-refractivity contribution >= 4 is 46.1 Å². The smallest absolute Gasteiger partial charge is 0.326 e. The Kier molecular flexibility index (Phi) is 6.36. The van der Waals surface area contributed by atoms with Crippen molar-refractivity contribution in [2.45, 2.75) is 25.4 Å². The number of nitrogens with zero attached hydrogens (tertiary/aromatic N) is 1. The lowest BCUT2D eigenvalue weighted by atomic mass is 10.2. The molecule has 0 bridgehead atoms. The lowest BCUT2D eigenvalue weighted by Crippen LogP contribution is -2.41. The topological polar surface area (TPSA) is 71.3 Å². The Morgan fingerprint density at radius 2 is 2.17 bits per heavy atom. The number of halogens is 1. The van der Waals surface area contributed by atoms with Crippen LogP contribution in [0, 0.1) is 0 Å². The van der Waals surface area contributed by atoms with Crippen LogP contribution in [-0.2, 0) is 16.1 Å². The van der Waals surface area contributed by atoms with Crippen LogP contribution in [-0.4, -0.2) is 39.6 Å². The fraction of sp³-hybridized carbons (Fsp3) is 0.375. The van der Waals surface area contributed by atoms with E-state index in [-0.39, 0.29) is 12.3 Å². The first-order valence-electron chi connectivity index (χ1n) is 7.26. The molecule has 0 aliphatic heterocycles. The molecule has 0 aliphatic rings. The maximum Gasteiger partial charge on any atom is 0.326 e. The zero-order valence-corrected chi connectivity index (χ0v) is 14.4. The van der Waals surface area contributed by atoms with Crippen molar-refractivity contribution in [3.63, 3.8) is 0 Å². The van der Waals surface area contributed by atoms with Gasteiger partial charge in [0, 0.05) is 29.7 Å². The van der Waals surface area contributed by atoms with Crippen molar-refractivity contribution in [1.82, 2.24) is 9.88 Å². The highest BCUT2D eigenvalue weighted by Gasteiger charge is 2.19. The second-order valence-electron chi connectivity index (χ2n) is 5.20. The minimum Gasteiger partial charge on any atom is -0.480 e. The Hall–Kier alpha value is -1.66. The first-order valence-corrected chi connectivity index (χ1v) is 9.04. The molecule has 0 fully saturated rings. The van der Waals surface area contributed by atoms with Crippen molar-refractivity contribution < 1.29 is 14.7 Å². The predicted octanol–water partition coefficient (Wildman–Crippen LogP) is 3.01. The van der Waals surface area contributed by atoms with Crippen LogP contribution < -0.4 is 5.32 Å². The van der Waals surface area contributed by atoms with Gasteiger partial charge in [-0.1, -0.05) is 17.7 Å². The minimum absolute atomic E-state index is 0.222. The maximum absolute atomic E-state index is 12.0. The number of benzene rings is 1. The van der Waals surface area contributed by atoms with Gasteiger partial charge in [0.2, 0.25) is 5.91 Å². The standard InChI is InChI=1S/C16H19ClN2O3S/c1-23-9-6-13(16(21)22)18-15(20)5-8-19-7-4-11-2-3-12(17)10-14(11)19/h2-4,7,10,13H,5-6,8-9H2,1H3,(H,18,20)(H,21,22)/t13-/m0/s1. The number of hydrogen-bond acceptors (Lipinski definition) is 3. The summed E-state index contributed by atoms with van der Waals surface area (Å²) < 4.78 is 1.94. The summed E-state index contributed by atoms with van der Waals surface area (Å²) in [6.45, 7) is 0.477. The summed E-state index contributed by atoms with van der Waals surface area (Å²) in [4.78, 5) is 23.1. The molecule has 1 atom stereocenters. The predicted molar refractivity (Wildman–Crippen MR) is 94.1 cm³/mol. The Bertz CT molecular complexity index is 702. The second-order valence-corrected chi connectivity index (χ2v) is 6.62. The first-order chi connectivity index (χ1) is 11.0. The van der Waals surface area contributed by atoms with Gasteiger partial charge >= 0.3 is 5.97 Å². The van der Waals surface area contributed by atoms with E-state index in [1.54, 1.807) is 11.8 Å². The highest BCUT2D eigenvalue weighted by atomic mass is 35.5. The molecule has 1 heterocycles. The van der Waals surface area contributed by atoms with E-state index in [0.717, 1.165) is 10.9 Å². The van der Waals surface area contributed by atoms with E-state index in [1.165, 1.54) is 0 Å². The molecule has 1 aromatic heterocycles. The van der Waals surface area contributed by atoms with Crippen molar-refractivity contribution in [1.29, 1.82) is 0 Å². The molecule has 5 nitrogen and oxygen atoms in total. The lowest BCUT2D eigenvalue weighted by molar-refractivity contribution is -0.141. The summed E-state index contributed by atoms with van der Waals surface area (Å²) in [5.41, 5.74) is 0.961. The third-order valence-electron chi connectivity index (χ3n) is 3.56. The number of amides is 1. The van der Waals surface area contributed by atoms with Crippen molar-refractivity contribution in [3.05, 3.63) is 35.5 Å². The van der Waals surface area contributed by atoms with Gasteiger partial charge in [-0.3, -0.25) is 4.79 Å². The number of hydrogen-bond donors (Lipinski definition) is 2. The van der Waals surface area contributed by atoms with Gasteiger partial charge in [0.15, 0.2) is 0 Å². The third-order valence-corrected chi connectivity index (χ3v) is 4.44. The molecule has 2 rings (SSSR count). The van der Waals surface area contributed by atoms with Gasteiger partial charge in [-0.25, -0.2) is 4.79 Å². The van der Waals surface area contributed by atoms with Crippen LogP contribution in [0.15, 0.2) is 30.5 Å². The monoisotopic (exact) mass is 354 g/mol. The number of thioether (sulfide) groups is 1. The number of carbonyl (C=O) groups is 2. The van der Waals surface area contributed by atoms with E-state index in [2.05, 4.69) is 5.32 Å². The third kappa shape index (κ3) is 4.91. The molecule has 124 valence electrons. The molecule has 0 spiro atoms. The van der Waals surface area contributed by atoms with Crippen molar-refractivity contribution in [3.8, 4) is 0 Å². The maximum atomic E-state index is 12.0. The number of aromatic nitrogens is 1. The molecule has 1 aromatic carbocycles. The molecule has 23 heavy (non-hydrogen) atoms. The highest BCUT2D eigenvalue weighted by molar-refractivity contribution is 7.98. The van der Waals surface area contributed by atoms with Crippen LogP contribution in [0.1, 0.15) is 12.8 Å². The lowest BCUT2D eigenvalue weighted by Gasteiger charge is -2.14. The second kappa shape index (κ2) is 8.26. The van der Waals surface area contributed by atoms with E-state index in [0.29, 0.717) is 23.7 Å². The van der Waals surface area contributed by atoms with E-state index in [1.807, 2.05) is 41.3 Å². The minimum atomic E-state index is -0.995. The number of aryl methyl sites for hydroxylation is 1. The summed E-state index contributed by atoms with van der Waals surface area (Å²) in [5.74, 6) is -0.564. The number of aliphatic carboxylic acids is 1. The molecule has 0 unspecified atom stereocenters. The molecule has 2 N–H and O–H groups in total. The van der Waals surface area contributed by atoms with Crippen LogP contribution in [0.3, 0.4) is 0 Å². The van der Waals surface area contributed by atoms with Crippen molar-refractivity contribution in [2.75, 3.05) is 12.0 Å². The zero-order chi connectivity index (χ0) is 16.8. The Morgan fingerprint density at radius 3 is 2.87 bits per heavy atom. The quantitative estimate of drug-likeness (QED) is 0.764.